The molecule has 0 aliphatic heterocycles. The van der Waals surface area contributed by atoms with E-state index < -0.39 is 23.2 Å². The third-order valence-electron chi connectivity index (χ3n) is 3.76. The second kappa shape index (κ2) is 8.05. The minimum Gasteiger partial charge on any atom is -0.505 e. The molecule has 1 heterocycles. The van der Waals surface area contributed by atoms with E-state index in [1.165, 1.54) is 31.4 Å². The molecule has 9 heteroatoms. The third-order valence-corrected chi connectivity index (χ3v) is 4.29. The van der Waals surface area contributed by atoms with Crippen molar-refractivity contribution < 1.29 is 19.4 Å². The summed E-state index contributed by atoms with van der Waals surface area (Å²) in [6.07, 6.45) is 0. The number of benzene rings is 2. The number of methoxy groups -OCH3 is 1. The summed E-state index contributed by atoms with van der Waals surface area (Å²) < 4.78 is 6.44. The molecular weight excluding hydrogens is 430 g/mol. The standard InChI is InChI=1S/C19H14BrN3O5/c1-28-19(27)11-2-6-13(7-3-11)21-18(26)17-15(24)10-16(25)23(22-17)14-8-4-12(20)5-9-14/h2-10,24H,1H3,(H,21,26). The molecule has 28 heavy (non-hydrogen) atoms. The van der Waals surface area contributed by atoms with E-state index in [1.807, 2.05) is 0 Å². The Morgan fingerprint density at radius 1 is 1.11 bits per heavy atom. The predicted molar refractivity (Wildman–Crippen MR) is 105 cm³/mol. The first-order valence-corrected chi connectivity index (χ1v) is 8.77. The zero-order valence-electron chi connectivity index (χ0n) is 14.5. The molecule has 0 atom stereocenters. The Balaban J connectivity index is 1.89. The Morgan fingerprint density at radius 2 is 1.75 bits per heavy atom. The minimum absolute atomic E-state index is 0.320. The highest BCUT2D eigenvalue weighted by atomic mass is 79.9. The number of hydrogen-bond donors (Lipinski definition) is 2. The smallest absolute Gasteiger partial charge is 0.337 e. The van der Waals surface area contributed by atoms with Crippen LogP contribution in [0.5, 0.6) is 5.75 Å². The van der Waals surface area contributed by atoms with E-state index in [1.54, 1.807) is 24.3 Å². The molecule has 0 spiro atoms. The first-order chi connectivity index (χ1) is 13.4. The molecule has 1 amide bonds. The van der Waals surface area contributed by atoms with Crippen LogP contribution in [0.3, 0.4) is 0 Å². The van der Waals surface area contributed by atoms with Crippen LogP contribution in [0.2, 0.25) is 0 Å². The van der Waals surface area contributed by atoms with Crippen molar-refractivity contribution in [1.82, 2.24) is 9.78 Å². The lowest BCUT2D eigenvalue weighted by molar-refractivity contribution is 0.0600. The van der Waals surface area contributed by atoms with Crippen LogP contribution in [0.1, 0.15) is 20.8 Å². The Labute approximate surface area is 167 Å². The molecule has 0 saturated heterocycles. The molecule has 0 fully saturated rings. The molecule has 142 valence electrons. The van der Waals surface area contributed by atoms with Gasteiger partial charge >= 0.3 is 5.97 Å². The van der Waals surface area contributed by atoms with E-state index in [0.29, 0.717) is 16.9 Å². The van der Waals surface area contributed by atoms with Crippen molar-refractivity contribution in [3.8, 4) is 11.4 Å². The summed E-state index contributed by atoms with van der Waals surface area (Å²) in [6.45, 7) is 0. The van der Waals surface area contributed by atoms with Crippen molar-refractivity contribution >= 4 is 33.5 Å². The molecule has 3 aromatic rings. The van der Waals surface area contributed by atoms with Gasteiger partial charge in [0.2, 0.25) is 0 Å². The van der Waals surface area contributed by atoms with E-state index in [2.05, 4.69) is 31.1 Å². The molecule has 0 unspecified atom stereocenters. The first kappa shape index (κ1) is 19.3. The number of esters is 1. The van der Waals surface area contributed by atoms with Crippen molar-refractivity contribution in [2.75, 3.05) is 12.4 Å². The van der Waals surface area contributed by atoms with Gasteiger partial charge in [0.05, 0.1) is 18.4 Å². The lowest BCUT2D eigenvalue weighted by Gasteiger charge is -2.10. The number of carbonyl (C=O) groups excluding carboxylic acids is 2. The Morgan fingerprint density at radius 3 is 2.36 bits per heavy atom. The normalized spacial score (nSPS) is 10.4. The van der Waals surface area contributed by atoms with Gasteiger partial charge in [0.25, 0.3) is 11.5 Å². The van der Waals surface area contributed by atoms with Crippen LogP contribution >= 0.6 is 15.9 Å². The summed E-state index contributed by atoms with van der Waals surface area (Å²) >= 11 is 3.30. The summed E-state index contributed by atoms with van der Waals surface area (Å²) in [5, 5.41) is 16.5. The van der Waals surface area contributed by atoms with Gasteiger partial charge < -0.3 is 15.2 Å². The maximum absolute atomic E-state index is 12.5. The number of ether oxygens (including phenoxy) is 1. The molecule has 0 bridgehead atoms. The molecule has 2 aromatic carbocycles. The molecule has 0 aliphatic rings. The lowest BCUT2D eigenvalue weighted by atomic mass is 10.2. The molecular formula is C19H14BrN3O5. The number of halogens is 1. The van der Waals surface area contributed by atoms with Gasteiger partial charge in [-0.3, -0.25) is 9.59 Å². The zero-order chi connectivity index (χ0) is 20.3. The number of nitrogens with zero attached hydrogens (tertiary/aromatic N) is 2. The van der Waals surface area contributed by atoms with E-state index in [-0.39, 0.29) is 5.69 Å². The monoisotopic (exact) mass is 443 g/mol. The second-order valence-corrected chi connectivity index (χ2v) is 6.54. The highest BCUT2D eigenvalue weighted by Crippen LogP contribution is 2.17. The number of amides is 1. The van der Waals surface area contributed by atoms with Crippen LogP contribution in [0, 0.1) is 0 Å². The summed E-state index contributed by atoms with van der Waals surface area (Å²) in [5.41, 5.74) is 0.230. The number of aromatic hydroxyl groups is 1. The number of hydrogen-bond acceptors (Lipinski definition) is 6. The van der Waals surface area contributed by atoms with E-state index in [4.69, 9.17) is 0 Å². The average Bonchev–Trinajstić information content (AvgIpc) is 2.69. The largest absolute Gasteiger partial charge is 0.505 e. The third kappa shape index (κ3) is 4.09. The van der Waals surface area contributed by atoms with Crippen LogP contribution in [-0.4, -0.2) is 33.9 Å². The fraction of sp³-hybridized carbons (Fsp3) is 0.0526. The Kier molecular flexibility index (Phi) is 5.55. The van der Waals surface area contributed by atoms with Gasteiger partial charge in [-0.15, -0.1) is 0 Å². The lowest BCUT2D eigenvalue weighted by Crippen LogP contribution is -2.25. The fourth-order valence-corrected chi connectivity index (χ4v) is 2.64. The quantitative estimate of drug-likeness (QED) is 0.599. The molecule has 0 saturated carbocycles. The van der Waals surface area contributed by atoms with E-state index in [0.717, 1.165) is 15.2 Å². The van der Waals surface area contributed by atoms with Crippen molar-refractivity contribution in [2.45, 2.75) is 0 Å². The summed E-state index contributed by atoms with van der Waals surface area (Å²) in [4.78, 5) is 36.1. The topological polar surface area (TPSA) is 111 Å². The number of nitrogens with one attached hydrogen (secondary N) is 1. The van der Waals surface area contributed by atoms with Gasteiger partial charge in [-0.05, 0) is 48.5 Å². The predicted octanol–water partition coefficient (Wildman–Crippen LogP) is 2.74. The van der Waals surface area contributed by atoms with Gasteiger partial charge in [0.15, 0.2) is 11.4 Å². The SMILES string of the molecule is COC(=O)c1ccc(NC(=O)c2nn(-c3ccc(Br)cc3)c(=O)cc2O)cc1. The molecule has 0 aliphatic carbocycles. The van der Waals surface area contributed by atoms with Crippen LogP contribution in [0.4, 0.5) is 5.69 Å². The van der Waals surface area contributed by atoms with Crippen molar-refractivity contribution in [3.63, 3.8) is 0 Å². The second-order valence-electron chi connectivity index (χ2n) is 5.63. The van der Waals surface area contributed by atoms with E-state index >= 15 is 0 Å². The van der Waals surface area contributed by atoms with E-state index in [9.17, 15) is 19.5 Å². The van der Waals surface area contributed by atoms with Crippen molar-refractivity contribution in [3.05, 3.63) is 80.7 Å². The van der Waals surface area contributed by atoms with Crippen LogP contribution < -0.4 is 10.9 Å². The number of anilines is 1. The zero-order valence-corrected chi connectivity index (χ0v) is 16.1. The molecule has 0 radical (unpaired) electrons. The fourth-order valence-electron chi connectivity index (χ4n) is 2.37. The summed E-state index contributed by atoms with van der Waals surface area (Å²) in [7, 11) is 1.27. The van der Waals surface area contributed by atoms with Crippen molar-refractivity contribution in [1.29, 1.82) is 0 Å². The van der Waals surface area contributed by atoms with Crippen LogP contribution in [-0.2, 0) is 4.74 Å². The van der Waals surface area contributed by atoms with Crippen LogP contribution in [0.25, 0.3) is 5.69 Å². The number of rotatable bonds is 4. The minimum atomic E-state index is -0.714. The number of aromatic nitrogens is 2. The molecule has 8 nitrogen and oxygen atoms in total. The highest BCUT2D eigenvalue weighted by Gasteiger charge is 2.17. The van der Waals surface area contributed by atoms with Crippen LogP contribution in [0.15, 0.2) is 63.9 Å². The Bertz CT molecular complexity index is 1090. The van der Waals surface area contributed by atoms with Crippen molar-refractivity contribution in [2.24, 2.45) is 0 Å². The van der Waals surface area contributed by atoms with Gasteiger partial charge in [-0.1, -0.05) is 15.9 Å². The van der Waals surface area contributed by atoms with Gasteiger partial charge in [-0.25, -0.2) is 4.79 Å². The Hall–Kier alpha value is -3.46. The highest BCUT2D eigenvalue weighted by molar-refractivity contribution is 9.10. The molecule has 3 rings (SSSR count). The van der Waals surface area contributed by atoms with Gasteiger partial charge in [0.1, 0.15) is 0 Å². The molecule has 1 aromatic heterocycles. The molecule has 2 N–H and O–H groups in total. The maximum Gasteiger partial charge on any atom is 0.337 e. The summed E-state index contributed by atoms with van der Waals surface area (Å²) in [6, 6.07) is 13.6. The summed E-state index contributed by atoms with van der Waals surface area (Å²) in [5.74, 6) is -1.75. The maximum atomic E-state index is 12.5. The first-order valence-electron chi connectivity index (χ1n) is 7.98. The van der Waals surface area contributed by atoms with Gasteiger partial charge in [-0.2, -0.15) is 9.78 Å². The number of carbonyl (C=O) groups is 2. The van der Waals surface area contributed by atoms with Gasteiger partial charge in [0, 0.05) is 16.2 Å². The average molecular weight is 444 g/mol.